The molecule has 104 valence electrons. The number of hydrogen-bond donors (Lipinski definition) is 1. The van der Waals surface area contributed by atoms with Gasteiger partial charge in [0.25, 0.3) is 0 Å². The Morgan fingerprint density at radius 1 is 1.53 bits per heavy atom. The summed E-state index contributed by atoms with van der Waals surface area (Å²) in [5.41, 5.74) is 8.19. The highest BCUT2D eigenvalue weighted by Gasteiger charge is 2.36. The van der Waals surface area contributed by atoms with Gasteiger partial charge in [-0.15, -0.1) is 0 Å². The van der Waals surface area contributed by atoms with Crippen molar-refractivity contribution in [2.75, 3.05) is 20.1 Å². The number of rotatable bonds is 3. The zero-order valence-electron chi connectivity index (χ0n) is 11.6. The second-order valence-corrected chi connectivity index (χ2v) is 6.21. The molecule has 0 aromatic heterocycles. The summed E-state index contributed by atoms with van der Waals surface area (Å²) in [5.74, 6) is 0. The molecule has 5 heteroatoms. The minimum Gasteiger partial charge on any atom is -0.326 e. The molecule has 0 saturated carbocycles. The van der Waals surface area contributed by atoms with Gasteiger partial charge in [0.15, 0.2) is 0 Å². The van der Waals surface area contributed by atoms with Gasteiger partial charge in [-0.05, 0) is 37.1 Å². The van der Waals surface area contributed by atoms with Crippen LogP contribution in [0, 0.1) is 6.92 Å². The molecular weight excluding hydrogens is 306 g/mol. The first kappa shape index (κ1) is 14.3. The van der Waals surface area contributed by atoms with Crippen molar-refractivity contribution in [3.63, 3.8) is 0 Å². The van der Waals surface area contributed by atoms with Crippen LogP contribution in [0.1, 0.15) is 24.1 Å². The largest absolute Gasteiger partial charge is 0.326 e. The Labute approximate surface area is 122 Å². The smallest absolute Gasteiger partial charge is 0.320 e. The molecule has 2 amide bonds. The lowest BCUT2D eigenvalue weighted by Gasteiger charge is -2.20. The number of benzene rings is 1. The van der Waals surface area contributed by atoms with Gasteiger partial charge in [0, 0.05) is 30.7 Å². The quantitative estimate of drug-likeness (QED) is 0.928. The predicted molar refractivity (Wildman–Crippen MR) is 80.0 cm³/mol. The van der Waals surface area contributed by atoms with Crippen LogP contribution in [0.2, 0.25) is 0 Å². The molecule has 2 rings (SSSR count). The summed E-state index contributed by atoms with van der Waals surface area (Å²) in [5, 5.41) is 0. The fourth-order valence-corrected chi connectivity index (χ4v) is 2.92. The molecule has 1 aliphatic rings. The maximum Gasteiger partial charge on any atom is 0.320 e. The molecule has 0 aliphatic carbocycles. The Balaban J connectivity index is 2.26. The number of carbonyl (C=O) groups excluding carboxylic acids is 1. The van der Waals surface area contributed by atoms with Crippen LogP contribution in [0.15, 0.2) is 22.7 Å². The third-order valence-electron chi connectivity index (χ3n) is 3.54. The number of amides is 2. The van der Waals surface area contributed by atoms with Crippen LogP contribution >= 0.6 is 15.9 Å². The van der Waals surface area contributed by atoms with Gasteiger partial charge in [-0.3, -0.25) is 0 Å². The first-order valence-electron chi connectivity index (χ1n) is 6.43. The Morgan fingerprint density at radius 3 is 2.84 bits per heavy atom. The molecule has 1 fully saturated rings. The summed E-state index contributed by atoms with van der Waals surface area (Å²) in [6.07, 6.45) is 0. The second kappa shape index (κ2) is 5.51. The molecular formula is C14H20BrN3O. The third kappa shape index (κ3) is 2.92. The maximum atomic E-state index is 12.2. The van der Waals surface area contributed by atoms with Crippen molar-refractivity contribution in [1.82, 2.24) is 9.80 Å². The average molecular weight is 326 g/mol. The van der Waals surface area contributed by atoms with Crippen LogP contribution in [0.3, 0.4) is 0 Å². The summed E-state index contributed by atoms with van der Waals surface area (Å²) in [6, 6.07) is 6.35. The Bertz CT molecular complexity index is 490. The summed E-state index contributed by atoms with van der Waals surface area (Å²) in [6.45, 7) is 5.31. The first-order valence-corrected chi connectivity index (χ1v) is 7.23. The first-order chi connectivity index (χ1) is 8.90. The monoisotopic (exact) mass is 325 g/mol. The molecule has 1 aromatic rings. The summed E-state index contributed by atoms with van der Waals surface area (Å²) >= 11 is 3.50. The fourth-order valence-electron chi connectivity index (χ4n) is 2.54. The highest BCUT2D eigenvalue weighted by molar-refractivity contribution is 9.10. The molecule has 1 saturated heterocycles. The predicted octanol–water partition coefficient (Wildman–Crippen LogP) is 2.51. The van der Waals surface area contributed by atoms with E-state index < -0.39 is 0 Å². The van der Waals surface area contributed by atoms with E-state index in [0.29, 0.717) is 13.1 Å². The van der Waals surface area contributed by atoms with Gasteiger partial charge in [0.1, 0.15) is 0 Å². The minimum atomic E-state index is -0.000272. The molecule has 2 atom stereocenters. The van der Waals surface area contributed by atoms with Crippen LogP contribution < -0.4 is 5.73 Å². The van der Waals surface area contributed by atoms with Crippen molar-refractivity contribution in [3.8, 4) is 0 Å². The summed E-state index contributed by atoms with van der Waals surface area (Å²) < 4.78 is 1.04. The van der Waals surface area contributed by atoms with Crippen LogP contribution in [0.25, 0.3) is 0 Å². The van der Waals surface area contributed by atoms with E-state index in [1.807, 2.05) is 24.9 Å². The van der Waals surface area contributed by atoms with Crippen molar-refractivity contribution in [1.29, 1.82) is 0 Å². The van der Waals surface area contributed by atoms with Crippen LogP contribution in [0.5, 0.6) is 0 Å². The normalized spacial score (nSPS) is 21.1. The van der Waals surface area contributed by atoms with Crippen molar-refractivity contribution >= 4 is 22.0 Å². The molecule has 0 bridgehead atoms. The SMILES string of the molecule is Cc1ccc(Br)cc1C1CN(CC(C)N)C(=O)N1C. The van der Waals surface area contributed by atoms with Crippen molar-refractivity contribution in [2.45, 2.75) is 25.9 Å². The van der Waals surface area contributed by atoms with E-state index in [1.165, 1.54) is 11.1 Å². The number of likely N-dealkylation sites (N-methyl/N-ethyl adjacent to an activating group) is 1. The molecule has 19 heavy (non-hydrogen) atoms. The molecule has 2 N–H and O–H groups in total. The van der Waals surface area contributed by atoms with E-state index in [0.717, 1.165) is 4.47 Å². The maximum absolute atomic E-state index is 12.2. The average Bonchev–Trinajstić information content (AvgIpc) is 2.60. The highest BCUT2D eigenvalue weighted by Crippen LogP contribution is 2.31. The second-order valence-electron chi connectivity index (χ2n) is 5.29. The molecule has 1 aromatic carbocycles. The van der Waals surface area contributed by atoms with Crippen molar-refractivity contribution in [3.05, 3.63) is 33.8 Å². The van der Waals surface area contributed by atoms with Gasteiger partial charge < -0.3 is 15.5 Å². The molecule has 4 nitrogen and oxygen atoms in total. The Hall–Kier alpha value is -1.07. The van der Waals surface area contributed by atoms with Gasteiger partial charge in [0.2, 0.25) is 0 Å². The van der Waals surface area contributed by atoms with Gasteiger partial charge >= 0.3 is 6.03 Å². The van der Waals surface area contributed by atoms with Crippen LogP contribution in [-0.4, -0.2) is 42.0 Å². The minimum absolute atomic E-state index is 0.000272. The van der Waals surface area contributed by atoms with Crippen LogP contribution in [-0.2, 0) is 0 Å². The van der Waals surface area contributed by atoms with Gasteiger partial charge in [-0.25, -0.2) is 4.79 Å². The Kier molecular flexibility index (Phi) is 4.16. The van der Waals surface area contributed by atoms with Crippen molar-refractivity contribution < 1.29 is 4.79 Å². The van der Waals surface area contributed by atoms with E-state index in [9.17, 15) is 4.79 Å². The number of nitrogens with two attached hydrogens (primary N) is 1. The zero-order chi connectivity index (χ0) is 14.2. The van der Waals surface area contributed by atoms with E-state index in [1.54, 1.807) is 4.90 Å². The molecule has 2 unspecified atom stereocenters. The number of nitrogens with zero attached hydrogens (tertiary/aromatic N) is 2. The van der Waals surface area contributed by atoms with Crippen molar-refractivity contribution in [2.24, 2.45) is 5.73 Å². The zero-order valence-corrected chi connectivity index (χ0v) is 13.1. The third-order valence-corrected chi connectivity index (χ3v) is 4.03. The van der Waals surface area contributed by atoms with Gasteiger partial charge in [-0.2, -0.15) is 0 Å². The summed E-state index contributed by atoms with van der Waals surface area (Å²) in [7, 11) is 1.86. The number of carbonyl (C=O) groups is 1. The number of hydrogen-bond acceptors (Lipinski definition) is 2. The highest BCUT2D eigenvalue weighted by atomic mass is 79.9. The lowest BCUT2D eigenvalue weighted by Crippen LogP contribution is -2.38. The topological polar surface area (TPSA) is 49.6 Å². The Morgan fingerprint density at radius 2 is 2.21 bits per heavy atom. The van der Waals surface area contributed by atoms with E-state index in [-0.39, 0.29) is 18.1 Å². The standard InChI is InChI=1S/C14H20BrN3O/c1-9-4-5-11(15)6-12(9)13-8-18(7-10(2)16)14(19)17(13)3/h4-6,10,13H,7-8,16H2,1-3H3. The van der Waals surface area contributed by atoms with E-state index in [2.05, 4.69) is 35.0 Å². The number of urea groups is 1. The molecule has 0 radical (unpaired) electrons. The fraction of sp³-hybridized carbons (Fsp3) is 0.500. The molecule has 0 spiro atoms. The number of halogens is 1. The summed E-state index contributed by atoms with van der Waals surface area (Å²) in [4.78, 5) is 15.8. The molecule has 1 aliphatic heterocycles. The van der Waals surface area contributed by atoms with Gasteiger partial charge in [-0.1, -0.05) is 22.0 Å². The van der Waals surface area contributed by atoms with E-state index >= 15 is 0 Å². The lowest BCUT2D eigenvalue weighted by molar-refractivity contribution is 0.194. The van der Waals surface area contributed by atoms with Gasteiger partial charge in [0.05, 0.1) is 6.04 Å². The molecule has 1 heterocycles. The lowest BCUT2D eigenvalue weighted by atomic mass is 10.0. The van der Waals surface area contributed by atoms with E-state index in [4.69, 9.17) is 5.73 Å². The van der Waals surface area contributed by atoms with Crippen LogP contribution in [0.4, 0.5) is 4.79 Å². The number of aryl methyl sites for hydroxylation is 1.